The van der Waals surface area contributed by atoms with Gasteiger partial charge in [0.1, 0.15) is 0 Å². The second-order valence-electron chi connectivity index (χ2n) is 9.31. The Morgan fingerprint density at radius 3 is 2.32 bits per heavy atom. The van der Waals surface area contributed by atoms with E-state index in [9.17, 15) is 0 Å². The molecule has 1 atom stereocenters. The van der Waals surface area contributed by atoms with Crippen LogP contribution in [-0.2, 0) is 6.42 Å². The fourth-order valence-electron chi connectivity index (χ4n) is 4.90. The van der Waals surface area contributed by atoms with Crippen molar-refractivity contribution >= 4 is 5.69 Å². The summed E-state index contributed by atoms with van der Waals surface area (Å²) in [5.74, 6) is -1.40. The first-order valence-corrected chi connectivity index (χ1v) is 11.9. The number of hydrogen-bond donors (Lipinski definition) is 1. The van der Waals surface area contributed by atoms with Gasteiger partial charge >= 0.3 is 0 Å². The predicted octanol–water partition coefficient (Wildman–Crippen LogP) is 3.02. The van der Waals surface area contributed by atoms with E-state index < -0.39 is 11.6 Å². The zero-order valence-electron chi connectivity index (χ0n) is 19.9. The maximum Gasteiger partial charge on any atom is 0.164 e. The number of nitrogens with one attached hydrogen (secondary N) is 1. The predicted molar refractivity (Wildman–Crippen MR) is 124 cm³/mol. The molecule has 1 radical (unpaired) electrons. The molecule has 0 aliphatic carbocycles. The highest BCUT2D eigenvalue weighted by atomic mass is 19.2. The third-order valence-corrected chi connectivity index (χ3v) is 6.75. The Morgan fingerprint density at radius 1 is 1.10 bits per heavy atom. The SMILES string of the molecule is CCN1CCN(c2cc(C3CNCC[N]3)c(F)c(F)c2CCN(C(C)C)C(C)C)CC1. The standard InChI is InChI=1S/C24H40F2N5/c1-6-29-11-13-30(14-12-29)22-15-20(21-16-27-8-9-28-21)24(26)23(25)19(22)7-10-31(17(2)3)18(4)5/h15,17-18,21,27H,6-14,16H2,1-5H3. The van der Waals surface area contributed by atoms with Crippen molar-refractivity contribution in [2.24, 2.45) is 0 Å². The van der Waals surface area contributed by atoms with Gasteiger partial charge in [0.25, 0.3) is 0 Å². The lowest BCUT2D eigenvalue weighted by molar-refractivity contribution is 0.176. The van der Waals surface area contributed by atoms with Gasteiger partial charge in [-0.25, -0.2) is 14.1 Å². The summed E-state index contributed by atoms with van der Waals surface area (Å²) in [7, 11) is 0. The van der Waals surface area contributed by atoms with Gasteiger partial charge in [-0.3, -0.25) is 4.90 Å². The van der Waals surface area contributed by atoms with Gasteiger partial charge in [-0.2, -0.15) is 0 Å². The van der Waals surface area contributed by atoms with Gasteiger partial charge in [-0.1, -0.05) is 6.92 Å². The van der Waals surface area contributed by atoms with Crippen molar-refractivity contribution in [2.75, 3.05) is 63.8 Å². The van der Waals surface area contributed by atoms with Gasteiger partial charge in [0, 0.05) is 81.3 Å². The molecule has 31 heavy (non-hydrogen) atoms. The summed E-state index contributed by atoms with van der Waals surface area (Å²) in [6, 6.07) is 2.29. The number of halogens is 2. The van der Waals surface area contributed by atoms with Gasteiger partial charge < -0.3 is 15.1 Å². The largest absolute Gasteiger partial charge is 0.369 e. The van der Waals surface area contributed by atoms with E-state index in [1.54, 1.807) is 0 Å². The molecule has 2 heterocycles. The molecule has 0 bridgehead atoms. The van der Waals surface area contributed by atoms with Crippen LogP contribution in [0.4, 0.5) is 14.5 Å². The summed E-state index contributed by atoms with van der Waals surface area (Å²) < 4.78 is 30.8. The molecule has 1 aromatic rings. The Bertz CT molecular complexity index is 702. The Morgan fingerprint density at radius 2 is 1.77 bits per heavy atom. The van der Waals surface area contributed by atoms with Crippen LogP contribution in [0.1, 0.15) is 51.8 Å². The highest BCUT2D eigenvalue weighted by molar-refractivity contribution is 5.58. The smallest absolute Gasteiger partial charge is 0.164 e. The molecular formula is C24H40F2N5. The van der Waals surface area contributed by atoms with Crippen LogP contribution in [0.2, 0.25) is 0 Å². The number of likely N-dealkylation sites (N-methyl/N-ethyl adjacent to an activating group) is 1. The van der Waals surface area contributed by atoms with Crippen LogP contribution in [0.3, 0.4) is 0 Å². The first-order valence-electron chi connectivity index (χ1n) is 11.9. The lowest BCUT2D eigenvalue weighted by Gasteiger charge is -2.38. The van der Waals surface area contributed by atoms with Crippen LogP contribution >= 0.6 is 0 Å². The lowest BCUT2D eigenvalue weighted by atomic mass is 9.97. The van der Waals surface area contributed by atoms with Crippen molar-refractivity contribution < 1.29 is 8.78 Å². The summed E-state index contributed by atoms with van der Waals surface area (Å²) in [6.07, 6.45) is 0.503. The Labute approximate surface area is 187 Å². The Hall–Kier alpha value is -1.28. The minimum Gasteiger partial charge on any atom is -0.369 e. The van der Waals surface area contributed by atoms with Crippen LogP contribution in [0.15, 0.2) is 6.07 Å². The molecule has 1 aromatic carbocycles. The summed E-state index contributed by atoms with van der Waals surface area (Å²) in [6.45, 7) is 18.1. The first kappa shape index (κ1) is 24.4. The molecule has 2 saturated heterocycles. The van der Waals surface area contributed by atoms with Gasteiger partial charge in [0.2, 0.25) is 0 Å². The van der Waals surface area contributed by atoms with Crippen molar-refractivity contribution in [3.05, 3.63) is 28.8 Å². The molecule has 0 aromatic heterocycles. The quantitative estimate of drug-likeness (QED) is 0.680. The van der Waals surface area contributed by atoms with Crippen molar-refractivity contribution in [1.29, 1.82) is 0 Å². The molecule has 0 saturated carbocycles. The van der Waals surface area contributed by atoms with Crippen molar-refractivity contribution in [2.45, 2.75) is 59.2 Å². The second kappa shape index (κ2) is 11.0. The molecular weight excluding hydrogens is 396 g/mol. The van der Waals surface area contributed by atoms with E-state index >= 15 is 8.78 Å². The molecule has 175 valence electrons. The van der Waals surface area contributed by atoms with E-state index in [4.69, 9.17) is 0 Å². The maximum absolute atomic E-state index is 15.5. The van der Waals surface area contributed by atoms with Crippen LogP contribution in [0, 0.1) is 11.6 Å². The summed E-state index contributed by atoms with van der Waals surface area (Å²) in [5, 5.41) is 7.82. The van der Waals surface area contributed by atoms with Gasteiger partial charge in [-0.05, 0) is 46.7 Å². The highest BCUT2D eigenvalue weighted by Crippen LogP contribution is 2.33. The van der Waals surface area contributed by atoms with Crippen molar-refractivity contribution in [3.63, 3.8) is 0 Å². The zero-order chi connectivity index (χ0) is 22.5. The zero-order valence-corrected chi connectivity index (χ0v) is 19.9. The summed E-state index contributed by atoms with van der Waals surface area (Å²) >= 11 is 0. The third kappa shape index (κ3) is 5.75. The number of nitrogens with zero attached hydrogens (tertiary/aromatic N) is 4. The number of anilines is 1. The highest BCUT2D eigenvalue weighted by Gasteiger charge is 2.29. The van der Waals surface area contributed by atoms with Gasteiger partial charge in [0.15, 0.2) is 11.6 Å². The summed E-state index contributed by atoms with van der Waals surface area (Å²) in [5.41, 5.74) is 1.77. The van der Waals surface area contributed by atoms with Crippen LogP contribution in [0.25, 0.3) is 0 Å². The lowest BCUT2D eigenvalue weighted by Crippen LogP contribution is -2.47. The third-order valence-electron chi connectivity index (χ3n) is 6.75. The number of rotatable bonds is 8. The maximum atomic E-state index is 15.5. The van der Waals surface area contributed by atoms with Crippen LogP contribution in [0.5, 0.6) is 0 Å². The van der Waals surface area contributed by atoms with Crippen LogP contribution < -0.4 is 15.5 Å². The number of hydrogen-bond acceptors (Lipinski definition) is 4. The average molecular weight is 437 g/mol. The van der Waals surface area contributed by atoms with Crippen molar-refractivity contribution in [1.82, 2.24) is 20.4 Å². The second-order valence-corrected chi connectivity index (χ2v) is 9.31. The Balaban J connectivity index is 1.94. The van der Waals surface area contributed by atoms with Crippen LogP contribution in [-0.4, -0.2) is 80.8 Å². The van der Waals surface area contributed by atoms with E-state index in [0.29, 0.717) is 49.3 Å². The molecule has 2 aliphatic heterocycles. The van der Waals surface area contributed by atoms with E-state index in [0.717, 1.165) is 45.0 Å². The number of piperazine rings is 2. The van der Waals surface area contributed by atoms with E-state index in [2.05, 4.69) is 60.0 Å². The molecule has 1 unspecified atom stereocenters. The van der Waals surface area contributed by atoms with E-state index in [-0.39, 0.29) is 6.04 Å². The molecule has 3 rings (SSSR count). The molecule has 7 heteroatoms. The molecule has 5 nitrogen and oxygen atoms in total. The van der Waals surface area contributed by atoms with Gasteiger partial charge in [-0.15, -0.1) is 0 Å². The fourth-order valence-corrected chi connectivity index (χ4v) is 4.90. The molecule has 2 fully saturated rings. The average Bonchev–Trinajstić information content (AvgIpc) is 2.77. The van der Waals surface area contributed by atoms with Crippen molar-refractivity contribution in [3.8, 4) is 0 Å². The fraction of sp³-hybridized carbons (Fsp3) is 0.750. The molecule has 1 N–H and O–H groups in total. The molecule has 0 amide bonds. The normalized spacial score (nSPS) is 21.0. The minimum absolute atomic E-state index is 0.323. The molecule has 0 spiro atoms. The molecule has 2 aliphatic rings. The monoisotopic (exact) mass is 436 g/mol. The van der Waals surface area contributed by atoms with E-state index in [1.807, 2.05) is 6.07 Å². The minimum atomic E-state index is -0.718. The number of benzene rings is 1. The van der Waals surface area contributed by atoms with Gasteiger partial charge in [0.05, 0.1) is 6.04 Å². The summed E-state index contributed by atoms with van der Waals surface area (Å²) in [4.78, 5) is 6.99. The first-order chi connectivity index (χ1) is 14.8. The van der Waals surface area contributed by atoms with E-state index in [1.165, 1.54) is 0 Å². The topological polar surface area (TPSA) is 35.9 Å². The Kier molecular flexibility index (Phi) is 8.67.